The number of halogens is 1. The van der Waals surface area contributed by atoms with Gasteiger partial charge < -0.3 is 10.2 Å². The minimum absolute atomic E-state index is 0.840. The van der Waals surface area contributed by atoms with Gasteiger partial charge in [-0.3, -0.25) is 4.79 Å². The maximum Gasteiger partial charge on any atom is 0.319 e. The van der Waals surface area contributed by atoms with Gasteiger partial charge in [-0.15, -0.1) is 0 Å². The number of aliphatic carboxylic acids is 1. The van der Waals surface area contributed by atoms with Gasteiger partial charge in [-0.05, 0) is 6.92 Å². The van der Waals surface area contributed by atoms with Crippen LogP contribution in [0.1, 0.15) is 6.92 Å². The molecule has 0 aliphatic rings. The Labute approximate surface area is 55.5 Å². The third-order valence-corrected chi connectivity index (χ3v) is 1.82. The lowest BCUT2D eigenvalue weighted by Crippen LogP contribution is -2.25. The molecule has 0 saturated carbocycles. The minimum Gasteiger partial charge on any atom is -0.480 e. The molecule has 3 nitrogen and oxygen atoms in total. The Morgan fingerprint density at radius 1 is 1.75 bits per heavy atom. The average Bonchev–Trinajstić information content (AvgIpc) is 1.64. The molecule has 48 valence electrons. The average molecular weight is 183 g/mol. The molecular weight excluding hydrogens is 176 g/mol. The first-order valence-corrected chi connectivity index (χ1v) is 3.02. The molecule has 0 fully saturated rings. The lowest BCUT2D eigenvalue weighted by Gasteiger charge is -2.04. The second-order valence-electron chi connectivity index (χ2n) is 1.48. The van der Waals surface area contributed by atoms with Crippen molar-refractivity contribution >= 4 is 21.9 Å². The van der Waals surface area contributed by atoms with E-state index in [1.165, 1.54) is 6.92 Å². The second-order valence-corrected chi connectivity index (χ2v) is 2.47. The summed E-state index contributed by atoms with van der Waals surface area (Å²) in [5.41, 5.74) is 0. The number of carboxylic acid groups (broad SMARTS) is 1. The summed E-state index contributed by atoms with van der Waals surface area (Å²) in [6.45, 7) is 1.41. The van der Waals surface area contributed by atoms with Crippen LogP contribution in [0.15, 0.2) is 0 Å². The van der Waals surface area contributed by atoms with Gasteiger partial charge in [0.05, 0.1) is 6.10 Å². The van der Waals surface area contributed by atoms with E-state index in [-0.39, 0.29) is 0 Å². The van der Waals surface area contributed by atoms with Crippen LogP contribution in [0.2, 0.25) is 0 Å². The molecule has 0 aromatic rings. The molecule has 0 amide bonds. The number of rotatable bonds is 2. The molecule has 4 heteroatoms. The van der Waals surface area contributed by atoms with E-state index in [4.69, 9.17) is 10.2 Å². The fourth-order valence-electron chi connectivity index (χ4n) is 0.206. The van der Waals surface area contributed by atoms with Crippen molar-refractivity contribution in [3.8, 4) is 0 Å². The minimum atomic E-state index is -1.04. The van der Waals surface area contributed by atoms with Gasteiger partial charge in [0, 0.05) is 0 Å². The van der Waals surface area contributed by atoms with E-state index < -0.39 is 16.9 Å². The van der Waals surface area contributed by atoms with Gasteiger partial charge >= 0.3 is 5.97 Å². The summed E-state index contributed by atoms with van der Waals surface area (Å²) in [5, 5.41) is 16.7. The standard InChI is InChI=1S/C4H7BrO3/c1-2(6)3(5)4(7)8/h2-3,6H,1H3,(H,7,8). The van der Waals surface area contributed by atoms with Gasteiger partial charge in [-0.25, -0.2) is 0 Å². The van der Waals surface area contributed by atoms with Crippen LogP contribution < -0.4 is 0 Å². The molecule has 0 aromatic heterocycles. The van der Waals surface area contributed by atoms with Crippen molar-refractivity contribution < 1.29 is 15.0 Å². The predicted octanol–water partition coefficient (Wildman–Crippen LogP) is 0.215. The molecule has 2 N–H and O–H groups in total. The van der Waals surface area contributed by atoms with Crippen LogP contribution in [0.4, 0.5) is 0 Å². The molecule has 0 rings (SSSR count). The third-order valence-electron chi connectivity index (χ3n) is 0.659. The first-order chi connectivity index (χ1) is 3.55. The molecule has 8 heavy (non-hydrogen) atoms. The Morgan fingerprint density at radius 2 is 2.12 bits per heavy atom. The molecule has 0 spiro atoms. The summed E-state index contributed by atoms with van der Waals surface area (Å²) >= 11 is 2.76. The van der Waals surface area contributed by atoms with Gasteiger partial charge in [-0.2, -0.15) is 0 Å². The fraction of sp³-hybridized carbons (Fsp3) is 0.750. The number of hydrogen-bond donors (Lipinski definition) is 2. The van der Waals surface area contributed by atoms with Crippen molar-refractivity contribution in [1.82, 2.24) is 0 Å². The van der Waals surface area contributed by atoms with Crippen molar-refractivity contribution in [2.24, 2.45) is 0 Å². The zero-order chi connectivity index (χ0) is 6.73. The zero-order valence-corrected chi connectivity index (χ0v) is 5.92. The summed E-state index contributed by atoms with van der Waals surface area (Å²) in [5.74, 6) is -1.04. The number of hydrogen-bond acceptors (Lipinski definition) is 2. The molecule has 0 aliphatic heterocycles. The van der Waals surface area contributed by atoms with E-state index in [1.807, 2.05) is 0 Å². The molecule has 0 radical (unpaired) electrons. The highest BCUT2D eigenvalue weighted by Gasteiger charge is 2.17. The quantitative estimate of drug-likeness (QED) is 0.601. The molecular formula is C4H7BrO3. The molecule has 0 saturated heterocycles. The van der Waals surface area contributed by atoms with Gasteiger partial charge in [0.2, 0.25) is 0 Å². The van der Waals surface area contributed by atoms with Gasteiger partial charge in [-0.1, -0.05) is 15.9 Å². The molecule has 0 heterocycles. The van der Waals surface area contributed by atoms with Crippen LogP contribution in [0, 0.1) is 0 Å². The van der Waals surface area contributed by atoms with Crippen molar-refractivity contribution in [2.45, 2.75) is 17.9 Å². The molecule has 0 aliphatic carbocycles. The maximum atomic E-state index is 9.93. The normalized spacial score (nSPS) is 17.4. The number of aliphatic hydroxyl groups is 1. The number of aliphatic hydroxyl groups excluding tert-OH is 1. The molecule has 0 bridgehead atoms. The van der Waals surface area contributed by atoms with Crippen molar-refractivity contribution in [2.75, 3.05) is 0 Å². The van der Waals surface area contributed by atoms with E-state index in [1.54, 1.807) is 0 Å². The van der Waals surface area contributed by atoms with E-state index in [0.717, 1.165) is 0 Å². The fourth-order valence-corrected chi connectivity index (χ4v) is 0.206. The Balaban J connectivity index is 3.64. The second kappa shape index (κ2) is 3.04. The Bertz CT molecular complexity index is 91.3. The first kappa shape index (κ1) is 7.91. The number of carbonyl (C=O) groups is 1. The van der Waals surface area contributed by atoms with Gasteiger partial charge in [0.1, 0.15) is 4.83 Å². The number of alkyl halides is 1. The summed E-state index contributed by atoms with van der Waals surface area (Å²) in [4.78, 5) is 9.09. The highest BCUT2D eigenvalue weighted by atomic mass is 79.9. The highest BCUT2D eigenvalue weighted by Crippen LogP contribution is 2.03. The monoisotopic (exact) mass is 182 g/mol. The van der Waals surface area contributed by atoms with Crippen LogP contribution in [0.3, 0.4) is 0 Å². The Morgan fingerprint density at radius 3 is 2.12 bits per heavy atom. The van der Waals surface area contributed by atoms with E-state index in [0.29, 0.717) is 0 Å². The molecule has 2 atom stereocenters. The van der Waals surface area contributed by atoms with E-state index in [2.05, 4.69) is 15.9 Å². The predicted molar refractivity (Wildman–Crippen MR) is 32.0 cm³/mol. The number of carboxylic acids is 1. The van der Waals surface area contributed by atoms with E-state index in [9.17, 15) is 4.79 Å². The van der Waals surface area contributed by atoms with Gasteiger partial charge in [0.15, 0.2) is 0 Å². The Kier molecular flexibility index (Phi) is 3.01. The molecule has 0 aromatic carbocycles. The summed E-state index contributed by atoms with van der Waals surface area (Å²) in [6.07, 6.45) is -0.840. The van der Waals surface area contributed by atoms with Crippen molar-refractivity contribution in [1.29, 1.82) is 0 Å². The van der Waals surface area contributed by atoms with Crippen LogP contribution in [0.25, 0.3) is 0 Å². The lowest BCUT2D eigenvalue weighted by molar-refractivity contribution is -0.137. The summed E-state index contributed by atoms with van der Waals surface area (Å²) in [6, 6.07) is 0. The zero-order valence-electron chi connectivity index (χ0n) is 4.34. The smallest absolute Gasteiger partial charge is 0.319 e. The van der Waals surface area contributed by atoms with Crippen LogP contribution in [-0.2, 0) is 4.79 Å². The summed E-state index contributed by atoms with van der Waals surface area (Å²) < 4.78 is 0. The van der Waals surface area contributed by atoms with E-state index >= 15 is 0 Å². The molecule has 2 unspecified atom stereocenters. The first-order valence-electron chi connectivity index (χ1n) is 2.10. The Hall–Kier alpha value is -0.0900. The lowest BCUT2D eigenvalue weighted by atomic mass is 10.3. The SMILES string of the molecule is CC(O)C(Br)C(=O)O. The van der Waals surface area contributed by atoms with Crippen molar-refractivity contribution in [3.63, 3.8) is 0 Å². The largest absolute Gasteiger partial charge is 0.480 e. The van der Waals surface area contributed by atoms with Crippen molar-refractivity contribution in [3.05, 3.63) is 0 Å². The van der Waals surface area contributed by atoms with Gasteiger partial charge in [0.25, 0.3) is 0 Å². The van der Waals surface area contributed by atoms with Crippen LogP contribution >= 0.6 is 15.9 Å². The van der Waals surface area contributed by atoms with Crippen LogP contribution in [0.5, 0.6) is 0 Å². The highest BCUT2D eigenvalue weighted by molar-refractivity contribution is 9.10. The maximum absolute atomic E-state index is 9.93. The van der Waals surface area contributed by atoms with Crippen LogP contribution in [-0.4, -0.2) is 27.1 Å². The summed E-state index contributed by atoms with van der Waals surface area (Å²) in [7, 11) is 0. The third kappa shape index (κ3) is 2.28. The topological polar surface area (TPSA) is 57.5 Å².